The van der Waals surface area contributed by atoms with Crippen molar-refractivity contribution in [2.75, 3.05) is 18.1 Å². The van der Waals surface area contributed by atoms with Crippen molar-refractivity contribution in [3.63, 3.8) is 0 Å². The number of anilines is 1. The average molecular weight is 262 g/mol. The lowest BCUT2D eigenvalue weighted by Crippen LogP contribution is -2.44. The maximum Gasteiger partial charge on any atom is 0.244 e. The Morgan fingerprint density at radius 3 is 3.05 bits per heavy atom. The molecule has 0 saturated carbocycles. The molecule has 0 spiro atoms. The second kappa shape index (κ2) is 6.57. The van der Waals surface area contributed by atoms with Crippen LogP contribution >= 0.6 is 0 Å². The molecule has 0 fully saturated rings. The van der Waals surface area contributed by atoms with Gasteiger partial charge in [0.1, 0.15) is 5.75 Å². The van der Waals surface area contributed by atoms with E-state index in [9.17, 15) is 4.79 Å². The molecule has 0 bridgehead atoms. The number of amides is 1. The highest BCUT2D eigenvalue weighted by atomic mass is 16.5. The van der Waals surface area contributed by atoms with Gasteiger partial charge in [0.15, 0.2) is 0 Å². The number of nitrogens with two attached hydrogens (primary N) is 1. The molecule has 1 amide bonds. The number of fused-ring (bicyclic) bond motifs is 1. The van der Waals surface area contributed by atoms with Crippen LogP contribution in [0.2, 0.25) is 0 Å². The number of benzene rings is 1. The molecule has 1 atom stereocenters. The number of rotatable bonds is 4. The van der Waals surface area contributed by atoms with Crippen LogP contribution in [-0.2, 0) is 4.79 Å². The van der Waals surface area contributed by atoms with E-state index >= 15 is 0 Å². The molecule has 19 heavy (non-hydrogen) atoms. The number of hydrogen-bond acceptors (Lipinski definition) is 3. The number of ether oxygens (including phenoxy) is 1. The summed E-state index contributed by atoms with van der Waals surface area (Å²) >= 11 is 0. The third-order valence-electron chi connectivity index (χ3n) is 3.39. The molecular formula is C15H22N2O2. The van der Waals surface area contributed by atoms with E-state index in [-0.39, 0.29) is 5.91 Å². The third kappa shape index (κ3) is 3.26. The average Bonchev–Trinajstić information content (AvgIpc) is 2.66. The van der Waals surface area contributed by atoms with Gasteiger partial charge in [0.05, 0.1) is 18.3 Å². The SMILES string of the molecule is CCCC[C@H](N)C(=O)N1CCCOc2ccccc21. The van der Waals surface area contributed by atoms with E-state index in [2.05, 4.69) is 6.92 Å². The molecule has 1 aliphatic heterocycles. The maximum atomic E-state index is 12.5. The zero-order valence-electron chi connectivity index (χ0n) is 11.5. The largest absolute Gasteiger partial charge is 0.491 e. The molecule has 0 unspecified atom stereocenters. The van der Waals surface area contributed by atoms with Crippen molar-refractivity contribution in [3.8, 4) is 5.75 Å². The summed E-state index contributed by atoms with van der Waals surface area (Å²) in [4.78, 5) is 14.2. The summed E-state index contributed by atoms with van der Waals surface area (Å²) in [6, 6.07) is 7.25. The van der Waals surface area contributed by atoms with Crippen molar-refractivity contribution in [2.24, 2.45) is 5.73 Å². The molecule has 0 saturated heterocycles. The molecule has 0 aliphatic carbocycles. The predicted octanol–water partition coefficient (Wildman–Crippen LogP) is 2.32. The Morgan fingerprint density at radius 2 is 2.26 bits per heavy atom. The smallest absolute Gasteiger partial charge is 0.244 e. The summed E-state index contributed by atoms with van der Waals surface area (Å²) in [6.45, 7) is 3.42. The van der Waals surface area contributed by atoms with Gasteiger partial charge < -0.3 is 15.4 Å². The zero-order chi connectivity index (χ0) is 13.7. The van der Waals surface area contributed by atoms with Gasteiger partial charge in [0.2, 0.25) is 5.91 Å². The normalized spacial score (nSPS) is 16.2. The van der Waals surface area contributed by atoms with Crippen LogP contribution in [0.15, 0.2) is 24.3 Å². The Morgan fingerprint density at radius 1 is 1.47 bits per heavy atom. The fraction of sp³-hybridized carbons (Fsp3) is 0.533. The number of hydrogen-bond donors (Lipinski definition) is 1. The quantitative estimate of drug-likeness (QED) is 0.906. The number of nitrogens with zero attached hydrogens (tertiary/aromatic N) is 1. The first-order valence-electron chi connectivity index (χ1n) is 7.03. The minimum absolute atomic E-state index is 0.00593. The highest BCUT2D eigenvalue weighted by molar-refractivity contribution is 5.98. The fourth-order valence-corrected chi connectivity index (χ4v) is 2.30. The maximum absolute atomic E-state index is 12.5. The molecule has 2 N–H and O–H groups in total. The topological polar surface area (TPSA) is 55.6 Å². The Balaban J connectivity index is 2.17. The Kier molecular flexibility index (Phi) is 4.80. The van der Waals surface area contributed by atoms with Crippen molar-refractivity contribution in [2.45, 2.75) is 38.6 Å². The van der Waals surface area contributed by atoms with Gasteiger partial charge in [-0.25, -0.2) is 0 Å². The summed E-state index contributed by atoms with van der Waals surface area (Å²) in [5.41, 5.74) is 6.85. The lowest BCUT2D eigenvalue weighted by atomic mass is 10.1. The monoisotopic (exact) mass is 262 g/mol. The zero-order valence-corrected chi connectivity index (χ0v) is 11.5. The Labute approximate surface area is 114 Å². The predicted molar refractivity (Wildman–Crippen MR) is 76.4 cm³/mol. The van der Waals surface area contributed by atoms with Gasteiger partial charge in [0, 0.05) is 6.54 Å². The molecule has 0 radical (unpaired) electrons. The third-order valence-corrected chi connectivity index (χ3v) is 3.39. The number of carbonyl (C=O) groups is 1. The summed E-state index contributed by atoms with van der Waals surface area (Å²) in [5.74, 6) is 0.780. The Bertz CT molecular complexity index is 434. The first-order chi connectivity index (χ1) is 9.24. The van der Waals surface area contributed by atoms with Crippen LogP contribution in [0.25, 0.3) is 0 Å². The summed E-state index contributed by atoms with van der Waals surface area (Å²) in [7, 11) is 0. The van der Waals surface area contributed by atoms with Crippen molar-refractivity contribution >= 4 is 11.6 Å². The van der Waals surface area contributed by atoms with Crippen molar-refractivity contribution in [1.82, 2.24) is 0 Å². The van der Waals surface area contributed by atoms with E-state index in [4.69, 9.17) is 10.5 Å². The van der Waals surface area contributed by atoms with Gasteiger partial charge in [-0.05, 0) is 25.0 Å². The lowest BCUT2D eigenvalue weighted by Gasteiger charge is -2.24. The number of para-hydroxylation sites is 2. The van der Waals surface area contributed by atoms with Gasteiger partial charge in [-0.3, -0.25) is 4.79 Å². The molecular weight excluding hydrogens is 240 g/mol. The van der Waals surface area contributed by atoms with Gasteiger partial charge in [-0.2, -0.15) is 0 Å². The lowest BCUT2D eigenvalue weighted by molar-refractivity contribution is -0.120. The molecule has 1 aromatic carbocycles. The van der Waals surface area contributed by atoms with E-state index < -0.39 is 6.04 Å². The first kappa shape index (κ1) is 13.9. The minimum Gasteiger partial charge on any atom is -0.491 e. The van der Waals surface area contributed by atoms with Crippen LogP contribution in [0, 0.1) is 0 Å². The highest BCUT2D eigenvalue weighted by Crippen LogP contribution is 2.30. The number of carbonyl (C=O) groups excluding carboxylic acids is 1. The first-order valence-corrected chi connectivity index (χ1v) is 7.03. The molecule has 1 heterocycles. The van der Waals surface area contributed by atoms with Crippen molar-refractivity contribution < 1.29 is 9.53 Å². The summed E-state index contributed by atoms with van der Waals surface area (Å²) in [6.07, 6.45) is 3.62. The van der Waals surface area contributed by atoms with Gasteiger partial charge in [-0.1, -0.05) is 31.9 Å². The van der Waals surface area contributed by atoms with E-state index in [1.807, 2.05) is 24.3 Å². The van der Waals surface area contributed by atoms with Crippen molar-refractivity contribution in [1.29, 1.82) is 0 Å². The van der Waals surface area contributed by atoms with E-state index in [0.29, 0.717) is 13.2 Å². The van der Waals surface area contributed by atoms with E-state index in [0.717, 1.165) is 37.1 Å². The van der Waals surface area contributed by atoms with Gasteiger partial charge in [0.25, 0.3) is 0 Å². The van der Waals surface area contributed by atoms with E-state index in [1.54, 1.807) is 4.90 Å². The second-order valence-corrected chi connectivity index (χ2v) is 4.91. The van der Waals surface area contributed by atoms with Gasteiger partial charge in [-0.15, -0.1) is 0 Å². The molecule has 1 aromatic rings. The second-order valence-electron chi connectivity index (χ2n) is 4.91. The molecule has 4 nitrogen and oxygen atoms in total. The van der Waals surface area contributed by atoms with Crippen molar-refractivity contribution in [3.05, 3.63) is 24.3 Å². The fourth-order valence-electron chi connectivity index (χ4n) is 2.30. The molecule has 104 valence electrons. The molecule has 2 rings (SSSR count). The molecule has 0 aromatic heterocycles. The van der Waals surface area contributed by atoms with Crippen LogP contribution in [0.3, 0.4) is 0 Å². The highest BCUT2D eigenvalue weighted by Gasteiger charge is 2.25. The number of unbranched alkanes of at least 4 members (excludes halogenated alkanes) is 1. The van der Waals surface area contributed by atoms with Crippen LogP contribution < -0.4 is 15.4 Å². The van der Waals surface area contributed by atoms with Crippen LogP contribution in [0.4, 0.5) is 5.69 Å². The van der Waals surface area contributed by atoms with Crippen LogP contribution in [-0.4, -0.2) is 25.1 Å². The molecule has 1 aliphatic rings. The summed E-state index contributed by atoms with van der Waals surface area (Å²) in [5, 5.41) is 0. The van der Waals surface area contributed by atoms with Crippen LogP contribution in [0.5, 0.6) is 5.75 Å². The Hall–Kier alpha value is -1.55. The van der Waals surface area contributed by atoms with Crippen LogP contribution in [0.1, 0.15) is 32.6 Å². The van der Waals surface area contributed by atoms with Gasteiger partial charge >= 0.3 is 0 Å². The van der Waals surface area contributed by atoms with E-state index in [1.165, 1.54) is 0 Å². The summed E-state index contributed by atoms with van der Waals surface area (Å²) < 4.78 is 5.66. The standard InChI is InChI=1S/C15H22N2O2/c1-2-3-7-12(16)15(18)17-10-6-11-19-14-9-5-4-8-13(14)17/h4-5,8-9,12H,2-3,6-7,10-11,16H2,1H3/t12-/m0/s1. The molecule has 4 heteroatoms. The minimum atomic E-state index is -0.411.